The van der Waals surface area contributed by atoms with E-state index in [2.05, 4.69) is 55.4 Å². The van der Waals surface area contributed by atoms with E-state index in [1.807, 2.05) is 0 Å². The van der Waals surface area contributed by atoms with Crippen molar-refractivity contribution in [1.82, 2.24) is 0 Å². The van der Waals surface area contributed by atoms with E-state index in [0.29, 0.717) is 5.41 Å². The van der Waals surface area contributed by atoms with Crippen LogP contribution in [0.15, 0.2) is 0 Å². The molecule has 280 valence electrons. The Morgan fingerprint density at radius 2 is 1.08 bits per heavy atom. The first-order chi connectivity index (χ1) is 23.8. The van der Waals surface area contributed by atoms with Gasteiger partial charge in [0.05, 0.1) is 0 Å². The van der Waals surface area contributed by atoms with Gasteiger partial charge in [-0.3, -0.25) is 0 Å². The predicted octanol–water partition coefficient (Wildman–Crippen LogP) is 14.4. The first kappa shape index (κ1) is 36.0. The average molecular weight is 673 g/mol. The van der Waals surface area contributed by atoms with Gasteiger partial charge in [0.2, 0.25) is 0 Å². The summed E-state index contributed by atoms with van der Waals surface area (Å²) < 4.78 is 0. The van der Waals surface area contributed by atoms with Crippen molar-refractivity contribution in [2.45, 2.75) is 184 Å². The summed E-state index contributed by atoms with van der Waals surface area (Å²) in [5.74, 6) is 20.7. The molecule has 17 atom stereocenters. The van der Waals surface area contributed by atoms with E-state index in [0.717, 1.165) is 118 Å². The Morgan fingerprint density at radius 3 is 1.76 bits per heavy atom. The van der Waals surface area contributed by atoms with Crippen molar-refractivity contribution in [2.24, 2.45) is 124 Å². The molecule has 1 spiro atoms. The van der Waals surface area contributed by atoms with Crippen molar-refractivity contribution in [1.29, 1.82) is 0 Å². The van der Waals surface area contributed by atoms with E-state index in [9.17, 15) is 0 Å². The molecule has 0 radical (unpaired) electrons. The molecule has 0 heteroatoms. The standard InChI is InChI=1S/C49H84/c1-9-31(10-2)35-26-41(32(11-3)12-4)48(30(7)8)49(28-35)43-24-23-39-42(25-34-22-21-33-17-13-14-18-36(33)45(34)39)47(43)46-38-20-16-15-19-37(38)40(29(5)6)27-44(46)49/h29-48H,9-28H2,1-8H3. The molecule has 0 aromatic carbocycles. The third-order valence-corrected chi connectivity index (χ3v) is 20.3. The maximum atomic E-state index is 2.76. The molecule has 0 N–H and O–H groups in total. The number of fused-ring (bicyclic) bond motifs is 13. The Kier molecular flexibility index (Phi) is 10.5. The molecule has 8 fully saturated rings. The Labute approximate surface area is 306 Å². The Morgan fingerprint density at radius 1 is 0.469 bits per heavy atom. The molecule has 17 unspecified atom stereocenters. The van der Waals surface area contributed by atoms with Crippen molar-refractivity contribution in [3.05, 3.63) is 0 Å². The largest absolute Gasteiger partial charge is 0.0651 e. The fourth-order valence-electron chi connectivity index (χ4n) is 19.2. The molecule has 0 aromatic rings. The number of rotatable bonds is 8. The van der Waals surface area contributed by atoms with Crippen LogP contribution in [-0.4, -0.2) is 0 Å². The van der Waals surface area contributed by atoms with E-state index in [1.54, 1.807) is 103 Å². The quantitative estimate of drug-likeness (QED) is 0.241. The molecule has 0 nitrogen and oxygen atoms in total. The van der Waals surface area contributed by atoms with Crippen LogP contribution in [0.1, 0.15) is 184 Å². The van der Waals surface area contributed by atoms with Gasteiger partial charge in [0.15, 0.2) is 0 Å². The summed E-state index contributed by atoms with van der Waals surface area (Å²) in [7, 11) is 0. The number of hydrogen-bond acceptors (Lipinski definition) is 0. The van der Waals surface area contributed by atoms with E-state index >= 15 is 0 Å². The summed E-state index contributed by atoms with van der Waals surface area (Å²) >= 11 is 0. The van der Waals surface area contributed by atoms with Crippen molar-refractivity contribution in [3.8, 4) is 0 Å². The van der Waals surface area contributed by atoms with Crippen LogP contribution >= 0.6 is 0 Å². The Bertz CT molecular complexity index is 1090. The van der Waals surface area contributed by atoms with E-state index in [4.69, 9.17) is 0 Å². The third-order valence-electron chi connectivity index (χ3n) is 20.3. The fourth-order valence-corrected chi connectivity index (χ4v) is 19.2. The van der Waals surface area contributed by atoms with Gasteiger partial charge >= 0.3 is 0 Å². The van der Waals surface area contributed by atoms with Gasteiger partial charge in [0, 0.05) is 0 Å². The van der Waals surface area contributed by atoms with Crippen molar-refractivity contribution in [2.75, 3.05) is 0 Å². The summed E-state index contributed by atoms with van der Waals surface area (Å²) in [4.78, 5) is 0. The minimum atomic E-state index is 0.629. The third kappa shape index (κ3) is 5.57. The Hall–Kier alpha value is 0. The molecule has 8 rings (SSSR count). The summed E-state index contributed by atoms with van der Waals surface area (Å²) in [6, 6.07) is 0. The molecule has 0 saturated heterocycles. The van der Waals surface area contributed by atoms with Gasteiger partial charge < -0.3 is 0 Å². The summed E-state index contributed by atoms with van der Waals surface area (Å²) in [6.45, 7) is 21.2. The molecular weight excluding hydrogens is 589 g/mol. The zero-order valence-corrected chi connectivity index (χ0v) is 34.2. The highest BCUT2D eigenvalue weighted by Crippen LogP contribution is 2.78. The van der Waals surface area contributed by atoms with Crippen molar-refractivity contribution in [3.63, 3.8) is 0 Å². The first-order valence-electron chi connectivity index (χ1n) is 23.8. The highest BCUT2D eigenvalue weighted by Gasteiger charge is 2.72. The van der Waals surface area contributed by atoms with Crippen LogP contribution in [-0.2, 0) is 0 Å². The molecule has 49 heavy (non-hydrogen) atoms. The SMILES string of the molecule is CCC(CC)C1CC(C(CC)CC)C(C(C)C)C2(C1)C1CC(C(C)C)C3CCCCC3C1C1C3CC4CCC5CCCCC5C4C3CCC12. The second-order valence-corrected chi connectivity index (χ2v) is 21.8. The molecule has 0 aliphatic heterocycles. The van der Waals surface area contributed by atoms with Gasteiger partial charge in [0.25, 0.3) is 0 Å². The van der Waals surface area contributed by atoms with Crippen LogP contribution in [0.3, 0.4) is 0 Å². The highest BCUT2D eigenvalue weighted by molar-refractivity contribution is 5.20. The maximum Gasteiger partial charge on any atom is -0.0199 e. The lowest BCUT2D eigenvalue weighted by molar-refractivity contribution is -0.138. The smallest absolute Gasteiger partial charge is 0.0199 e. The highest BCUT2D eigenvalue weighted by atomic mass is 14.8. The molecule has 8 aliphatic carbocycles. The van der Waals surface area contributed by atoms with Gasteiger partial charge in [-0.2, -0.15) is 0 Å². The molecule has 8 aliphatic rings. The van der Waals surface area contributed by atoms with E-state index in [1.165, 1.54) is 25.7 Å². The van der Waals surface area contributed by atoms with Gasteiger partial charge in [-0.1, -0.05) is 113 Å². The zero-order valence-electron chi connectivity index (χ0n) is 34.2. The second-order valence-electron chi connectivity index (χ2n) is 21.8. The van der Waals surface area contributed by atoms with Crippen LogP contribution in [0.25, 0.3) is 0 Å². The van der Waals surface area contributed by atoms with E-state index in [-0.39, 0.29) is 0 Å². The first-order valence-corrected chi connectivity index (χ1v) is 23.8. The number of hydrogen-bond donors (Lipinski definition) is 0. The lowest BCUT2D eigenvalue weighted by Crippen LogP contribution is -2.56. The van der Waals surface area contributed by atoms with Crippen molar-refractivity contribution < 1.29 is 0 Å². The van der Waals surface area contributed by atoms with Gasteiger partial charge in [-0.15, -0.1) is 0 Å². The van der Waals surface area contributed by atoms with Crippen LogP contribution in [0, 0.1) is 124 Å². The summed E-state index contributed by atoms with van der Waals surface area (Å²) in [5, 5.41) is 0. The monoisotopic (exact) mass is 673 g/mol. The fraction of sp³-hybridized carbons (Fsp3) is 1.00. The maximum absolute atomic E-state index is 2.76. The molecule has 0 aromatic heterocycles. The average Bonchev–Trinajstić information content (AvgIpc) is 3.62. The van der Waals surface area contributed by atoms with Crippen LogP contribution in [0.2, 0.25) is 0 Å². The Balaban J connectivity index is 1.28. The topological polar surface area (TPSA) is 0 Å². The second kappa shape index (κ2) is 14.3. The molecular formula is C49H84. The van der Waals surface area contributed by atoms with Gasteiger partial charge in [0.1, 0.15) is 0 Å². The van der Waals surface area contributed by atoms with Crippen LogP contribution in [0.5, 0.6) is 0 Å². The van der Waals surface area contributed by atoms with Crippen LogP contribution in [0.4, 0.5) is 0 Å². The zero-order chi connectivity index (χ0) is 34.2. The van der Waals surface area contributed by atoms with Crippen LogP contribution < -0.4 is 0 Å². The van der Waals surface area contributed by atoms with Gasteiger partial charge in [-0.05, 0) is 194 Å². The summed E-state index contributed by atoms with van der Waals surface area (Å²) in [6.07, 6.45) is 31.4. The van der Waals surface area contributed by atoms with E-state index < -0.39 is 0 Å². The normalized spacial score (nSPS) is 50.7. The molecule has 8 saturated carbocycles. The molecule has 0 amide bonds. The minimum Gasteiger partial charge on any atom is -0.0651 e. The summed E-state index contributed by atoms with van der Waals surface area (Å²) in [5.41, 5.74) is 0.629. The lowest BCUT2D eigenvalue weighted by Gasteiger charge is -2.62. The molecule has 0 heterocycles. The molecule has 0 bridgehead atoms. The lowest BCUT2D eigenvalue weighted by atomic mass is 9.43. The van der Waals surface area contributed by atoms with Gasteiger partial charge in [-0.25, -0.2) is 0 Å². The van der Waals surface area contributed by atoms with Crippen molar-refractivity contribution >= 4 is 0 Å². The predicted molar refractivity (Wildman–Crippen MR) is 210 cm³/mol. The minimum absolute atomic E-state index is 0.629.